The summed E-state index contributed by atoms with van der Waals surface area (Å²) in [5.41, 5.74) is 6.95. The smallest absolute Gasteiger partial charge is 0.0814 e. The van der Waals surface area contributed by atoms with E-state index in [2.05, 4.69) is 89.9 Å². The average Bonchev–Trinajstić information content (AvgIpc) is 2.69. The monoisotopic (exact) mass is 321 g/mol. The van der Waals surface area contributed by atoms with Crippen LogP contribution in [-0.4, -0.2) is 13.4 Å². The zero-order valence-corrected chi connectivity index (χ0v) is 13.3. The van der Waals surface area contributed by atoms with Gasteiger partial charge in [0.2, 0.25) is 0 Å². The molecule has 1 nitrogen and oxygen atoms in total. The Labute approximate surface area is 150 Å². The average molecular weight is 321 g/mol. The first kappa shape index (κ1) is 16.7. The van der Waals surface area contributed by atoms with Gasteiger partial charge in [0.15, 0.2) is 0 Å². The highest BCUT2D eigenvalue weighted by molar-refractivity contribution is 5.83. The van der Waals surface area contributed by atoms with Crippen molar-refractivity contribution in [1.29, 1.82) is 0 Å². The maximum absolute atomic E-state index is 4.62. The SMILES string of the molecule is B.c1ccc(-c2ccnc(-c3ccccc3-c3ccccc3)c2)cc1. The molecule has 0 aliphatic rings. The molecule has 0 bridgehead atoms. The van der Waals surface area contributed by atoms with Crippen LogP contribution in [0.1, 0.15) is 0 Å². The molecule has 25 heavy (non-hydrogen) atoms. The van der Waals surface area contributed by atoms with Crippen LogP contribution in [0.5, 0.6) is 0 Å². The van der Waals surface area contributed by atoms with Gasteiger partial charge in [0.1, 0.15) is 0 Å². The summed E-state index contributed by atoms with van der Waals surface area (Å²) in [5, 5.41) is 0. The predicted octanol–water partition coefficient (Wildman–Crippen LogP) is 4.90. The molecular weight excluding hydrogens is 301 g/mol. The van der Waals surface area contributed by atoms with Gasteiger partial charge in [0.25, 0.3) is 0 Å². The fraction of sp³-hybridized carbons (Fsp3) is 0. The quantitative estimate of drug-likeness (QED) is 0.489. The molecule has 0 saturated carbocycles. The molecular formula is C23H20BN. The van der Waals surface area contributed by atoms with Crippen molar-refractivity contribution < 1.29 is 0 Å². The van der Waals surface area contributed by atoms with E-state index in [1.54, 1.807) is 0 Å². The van der Waals surface area contributed by atoms with Crippen molar-refractivity contribution in [3.63, 3.8) is 0 Å². The van der Waals surface area contributed by atoms with Gasteiger partial charge in [-0.05, 0) is 34.4 Å². The first-order chi connectivity index (χ1) is 11.9. The summed E-state index contributed by atoms with van der Waals surface area (Å²) in [5.74, 6) is 0. The minimum absolute atomic E-state index is 0. The fourth-order valence-corrected chi connectivity index (χ4v) is 2.96. The van der Waals surface area contributed by atoms with Crippen molar-refractivity contribution in [2.45, 2.75) is 0 Å². The van der Waals surface area contributed by atoms with Crippen molar-refractivity contribution in [3.8, 4) is 33.5 Å². The minimum atomic E-state index is 0. The summed E-state index contributed by atoms with van der Waals surface area (Å²) < 4.78 is 0. The highest BCUT2D eigenvalue weighted by atomic mass is 14.7. The van der Waals surface area contributed by atoms with Crippen molar-refractivity contribution in [2.75, 3.05) is 0 Å². The maximum atomic E-state index is 4.62. The topological polar surface area (TPSA) is 12.9 Å². The molecule has 0 aliphatic carbocycles. The Morgan fingerprint density at radius 1 is 0.480 bits per heavy atom. The van der Waals surface area contributed by atoms with E-state index in [1.807, 2.05) is 18.3 Å². The lowest BCUT2D eigenvalue weighted by Crippen LogP contribution is -1.89. The maximum Gasteiger partial charge on any atom is 0.0814 e. The first-order valence-corrected chi connectivity index (χ1v) is 8.08. The Bertz CT molecular complexity index is 950. The lowest BCUT2D eigenvalue weighted by Gasteiger charge is -2.10. The third kappa shape index (κ3) is 3.53. The Morgan fingerprint density at radius 2 is 1.04 bits per heavy atom. The van der Waals surface area contributed by atoms with Crippen LogP contribution in [0.3, 0.4) is 0 Å². The van der Waals surface area contributed by atoms with Gasteiger partial charge in [0, 0.05) is 11.8 Å². The standard InChI is InChI=1S/C23H17N.BH3/c1-3-9-18(10-4-1)20-15-16-24-23(17-20)22-14-8-7-13-21(22)19-11-5-2-6-12-19;/h1-17H;1H3. The Balaban J connectivity index is 0.00000182. The zero-order valence-electron chi connectivity index (χ0n) is 13.3. The van der Waals surface area contributed by atoms with Crippen molar-refractivity contribution in [3.05, 3.63) is 103 Å². The summed E-state index contributed by atoms with van der Waals surface area (Å²) in [7, 11) is 0. The molecule has 0 unspecified atom stereocenters. The Hall–Kier alpha value is -3.13. The van der Waals surface area contributed by atoms with Gasteiger partial charge in [-0.15, -0.1) is 0 Å². The van der Waals surface area contributed by atoms with E-state index in [4.69, 9.17) is 0 Å². The molecule has 2 heteroatoms. The number of aromatic nitrogens is 1. The molecule has 0 atom stereocenters. The van der Waals surface area contributed by atoms with E-state index in [-0.39, 0.29) is 8.41 Å². The van der Waals surface area contributed by atoms with Crippen LogP contribution in [0.25, 0.3) is 33.5 Å². The van der Waals surface area contributed by atoms with Crippen LogP contribution < -0.4 is 0 Å². The van der Waals surface area contributed by atoms with E-state index < -0.39 is 0 Å². The van der Waals surface area contributed by atoms with Gasteiger partial charge < -0.3 is 0 Å². The van der Waals surface area contributed by atoms with Gasteiger partial charge in [-0.3, -0.25) is 4.98 Å². The summed E-state index contributed by atoms with van der Waals surface area (Å²) in [4.78, 5) is 4.62. The third-order valence-electron chi connectivity index (χ3n) is 4.15. The Morgan fingerprint density at radius 3 is 1.72 bits per heavy atom. The molecule has 0 fully saturated rings. The number of benzene rings is 3. The van der Waals surface area contributed by atoms with E-state index in [0.29, 0.717) is 0 Å². The summed E-state index contributed by atoms with van der Waals surface area (Å²) in [6.45, 7) is 0. The largest absolute Gasteiger partial charge is 0.256 e. The molecule has 120 valence electrons. The second-order valence-electron chi connectivity index (χ2n) is 5.71. The molecule has 0 saturated heterocycles. The summed E-state index contributed by atoms with van der Waals surface area (Å²) in [6.07, 6.45) is 1.89. The van der Waals surface area contributed by atoms with Crippen molar-refractivity contribution in [2.24, 2.45) is 0 Å². The number of hydrogen-bond acceptors (Lipinski definition) is 1. The molecule has 0 radical (unpaired) electrons. The lowest BCUT2D eigenvalue weighted by molar-refractivity contribution is 1.33. The summed E-state index contributed by atoms with van der Waals surface area (Å²) >= 11 is 0. The van der Waals surface area contributed by atoms with E-state index in [0.717, 1.165) is 11.3 Å². The van der Waals surface area contributed by atoms with Crippen LogP contribution in [0.15, 0.2) is 103 Å². The zero-order chi connectivity index (χ0) is 16.2. The third-order valence-corrected chi connectivity index (χ3v) is 4.15. The van der Waals surface area contributed by atoms with Crippen LogP contribution in [-0.2, 0) is 0 Å². The Kier molecular flexibility index (Phi) is 5.10. The van der Waals surface area contributed by atoms with Crippen LogP contribution in [0, 0.1) is 0 Å². The van der Waals surface area contributed by atoms with Gasteiger partial charge in [-0.1, -0.05) is 84.9 Å². The van der Waals surface area contributed by atoms with Gasteiger partial charge >= 0.3 is 0 Å². The van der Waals surface area contributed by atoms with Crippen LogP contribution in [0.2, 0.25) is 0 Å². The van der Waals surface area contributed by atoms with Gasteiger partial charge in [0.05, 0.1) is 14.1 Å². The lowest BCUT2D eigenvalue weighted by atomic mass is 9.96. The van der Waals surface area contributed by atoms with E-state index >= 15 is 0 Å². The second kappa shape index (κ2) is 7.63. The van der Waals surface area contributed by atoms with Gasteiger partial charge in [-0.2, -0.15) is 0 Å². The molecule has 1 heterocycles. The fourth-order valence-electron chi connectivity index (χ4n) is 2.96. The van der Waals surface area contributed by atoms with Crippen LogP contribution >= 0.6 is 0 Å². The molecule has 0 N–H and O–H groups in total. The minimum Gasteiger partial charge on any atom is -0.256 e. The molecule has 3 aromatic carbocycles. The first-order valence-electron chi connectivity index (χ1n) is 8.08. The molecule has 0 spiro atoms. The van der Waals surface area contributed by atoms with Crippen LogP contribution in [0.4, 0.5) is 0 Å². The molecule has 0 aliphatic heterocycles. The van der Waals surface area contributed by atoms with E-state index in [1.165, 1.54) is 22.3 Å². The highest BCUT2D eigenvalue weighted by Crippen LogP contribution is 2.32. The molecule has 1 aromatic heterocycles. The normalized spacial score (nSPS) is 10.1. The van der Waals surface area contributed by atoms with Crippen molar-refractivity contribution >= 4 is 8.41 Å². The second-order valence-corrected chi connectivity index (χ2v) is 5.71. The highest BCUT2D eigenvalue weighted by Gasteiger charge is 2.08. The molecule has 4 aromatic rings. The number of hydrogen-bond donors (Lipinski definition) is 0. The van der Waals surface area contributed by atoms with Crippen molar-refractivity contribution in [1.82, 2.24) is 4.98 Å². The van der Waals surface area contributed by atoms with E-state index in [9.17, 15) is 0 Å². The molecule has 4 rings (SSSR count). The predicted molar refractivity (Wildman–Crippen MR) is 110 cm³/mol. The number of pyridine rings is 1. The number of rotatable bonds is 3. The summed E-state index contributed by atoms with van der Waals surface area (Å²) in [6, 6.07) is 33.5. The van der Waals surface area contributed by atoms with Gasteiger partial charge in [-0.25, -0.2) is 0 Å². The molecule has 0 amide bonds. The number of nitrogens with zero attached hydrogens (tertiary/aromatic N) is 1.